The van der Waals surface area contributed by atoms with E-state index in [9.17, 15) is 4.39 Å². The maximum Gasteiger partial charge on any atom is 0.164 e. The molecule has 3 heterocycles. The van der Waals surface area contributed by atoms with Crippen molar-refractivity contribution in [3.05, 3.63) is 53.9 Å². The van der Waals surface area contributed by atoms with E-state index in [0.717, 1.165) is 49.7 Å². The molecule has 1 unspecified atom stereocenters. The van der Waals surface area contributed by atoms with E-state index in [1.807, 2.05) is 10.9 Å². The second-order valence-corrected chi connectivity index (χ2v) is 6.38. The summed E-state index contributed by atoms with van der Waals surface area (Å²) in [5.74, 6) is 1.56. The Balaban J connectivity index is 1.46. The molecule has 6 nitrogen and oxygen atoms in total. The quantitative estimate of drug-likeness (QED) is 0.775. The topological polar surface area (TPSA) is 60.6 Å². The van der Waals surface area contributed by atoms with Crippen molar-refractivity contribution >= 4 is 0 Å². The zero-order valence-corrected chi connectivity index (χ0v) is 14.2. The monoisotopic (exact) mass is 340 g/mol. The van der Waals surface area contributed by atoms with Crippen LogP contribution in [0.1, 0.15) is 24.7 Å². The Bertz CT molecular complexity index is 851. The lowest BCUT2D eigenvalue weighted by Gasteiger charge is -2.25. The van der Waals surface area contributed by atoms with Crippen LogP contribution >= 0.6 is 0 Å². The number of rotatable bonds is 5. The minimum atomic E-state index is -0.241. The highest BCUT2D eigenvalue weighted by molar-refractivity contribution is 5.55. The van der Waals surface area contributed by atoms with Crippen molar-refractivity contribution in [1.82, 2.24) is 29.9 Å². The summed E-state index contributed by atoms with van der Waals surface area (Å²) in [6, 6.07) is 6.78. The van der Waals surface area contributed by atoms with Crippen molar-refractivity contribution in [2.45, 2.75) is 45.4 Å². The summed E-state index contributed by atoms with van der Waals surface area (Å²) in [6.45, 7) is 4.58. The molecular formula is C18H21FN6. The van der Waals surface area contributed by atoms with Gasteiger partial charge in [0, 0.05) is 49.4 Å². The molecule has 2 aromatic heterocycles. The Morgan fingerprint density at radius 3 is 2.84 bits per heavy atom. The largest absolute Gasteiger partial charge is 0.309 e. The maximum atomic E-state index is 13.2. The van der Waals surface area contributed by atoms with E-state index in [1.165, 1.54) is 17.7 Å². The number of nitrogens with one attached hydrogen (secondary N) is 1. The van der Waals surface area contributed by atoms with Crippen molar-refractivity contribution in [2.75, 3.05) is 0 Å². The van der Waals surface area contributed by atoms with Gasteiger partial charge < -0.3 is 9.88 Å². The summed E-state index contributed by atoms with van der Waals surface area (Å²) in [4.78, 5) is 0. The zero-order chi connectivity index (χ0) is 17.2. The van der Waals surface area contributed by atoms with Gasteiger partial charge in [-0.1, -0.05) is 0 Å². The average Bonchev–Trinajstić information content (AvgIpc) is 3.27. The SMILES string of the molecule is CCn1cc(CNC2CCc3nnc(-c4ccc(F)cc4)n3C2)cn1. The normalized spacial score (nSPS) is 16.8. The molecule has 0 aliphatic carbocycles. The number of nitrogens with zero attached hydrogens (tertiary/aromatic N) is 5. The molecule has 25 heavy (non-hydrogen) atoms. The van der Waals surface area contributed by atoms with Gasteiger partial charge in [0.2, 0.25) is 0 Å². The highest BCUT2D eigenvalue weighted by Gasteiger charge is 2.23. The van der Waals surface area contributed by atoms with Gasteiger partial charge in [0.1, 0.15) is 11.6 Å². The number of fused-ring (bicyclic) bond motifs is 1. The van der Waals surface area contributed by atoms with Gasteiger partial charge in [0.25, 0.3) is 0 Å². The first-order valence-electron chi connectivity index (χ1n) is 8.65. The second-order valence-electron chi connectivity index (χ2n) is 6.38. The lowest BCUT2D eigenvalue weighted by molar-refractivity contribution is 0.381. The van der Waals surface area contributed by atoms with Crippen molar-refractivity contribution in [3.63, 3.8) is 0 Å². The van der Waals surface area contributed by atoms with Gasteiger partial charge in [-0.15, -0.1) is 10.2 Å². The summed E-state index contributed by atoms with van der Waals surface area (Å²) in [5, 5.41) is 16.5. The first-order valence-corrected chi connectivity index (χ1v) is 8.65. The molecule has 1 aromatic carbocycles. The summed E-state index contributed by atoms with van der Waals surface area (Å²) < 4.78 is 17.2. The highest BCUT2D eigenvalue weighted by Crippen LogP contribution is 2.23. The molecule has 0 bridgehead atoms. The van der Waals surface area contributed by atoms with E-state index in [1.54, 1.807) is 12.1 Å². The van der Waals surface area contributed by atoms with Gasteiger partial charge in [-0.25, -0.2) is 4.39 Å². The predicted octanol–water partition coefficient (Wildman–Crippen LogP) is 2.41. The van der Waals surface area contributed by atoms with Crippen LogP contribution in [0.2, 0.25) is 0 Å². The average molecular weight is 340 g/mol. The molecule has 1 N–H and O–H groups in total. The Morgan fingerprint density at radius 1 is 1.24 bits per heavy atom. The van der Waals surface area contributed by atoms with Gasteiger partial charge >= 0.3 is 0 Å². The number of hydrogen-bond acceptors (Lipinski definition) is 4. The maximum absolute atomic E-state index is 13.2. The van der Waals surface area contributed by atoms with E-state index >= 15 is 0 Å². The molecule has 3 aromatic rings. The predicted molar refractivity (Wildman–Crippen MR) is 92.3 cm³/mol. The van der Waals surface area contributed by atoms with Crippen LogP contribution in [0.25, 0.3) is 11.4 Å². The van der Waals surface area contributed by atoms with E-state index in [2.05, 4.69) is 38.3 Å². The second kappa shape index (κ2) is 6.76. The summed E-state index contributed by atoms with van der Waals surface area (Å²) in [6.07, 6.45) is 5.90. The van der Waals surface area contributed by atoms with E-state index in [-0.39, 0.29) is 5.82 Å². The standard InChI is InChI=1S/C18H21FN6/c1-2-24-11-13(10-21-24)9-20-16-7-8-17-22-23-18(25(17)12-16)14-3-5-15(19)6-4-14/h3-6,10-11,16,20H,2,7-9,12H2,1H3. The van der Waals surface area contributed by atoms with Crippen LogP contribution in [0.3, 0.4) is 0 Å². The molecule has 7 heteroatoms. The Labute approximate surface area is 145 Å². The fourth-order valence-corrected chi connectivity index (χ4v) is 3.24. The molecule has 1 aliphatic rings. The van der Waals surface area contributed by atoms with Crippen molar-refractivity contribution in [2.24, 2.45) is 0 Å². The van der Waals surface area contributed by atoms with Crippen LogP contribution in [0, 0.1) is 5.82 Å². The molecular weight excluding hydrogens is 319 g/mol. The van der Waals surface area contributed by atoms with Crippen molar-refractivity contribution < 1.29 is 4.39 Å². The Kier molecular flexibility index (Phi) is 4.31. The minimum absolute atomic E-state index is 0.241. The molecule has 1 aliphatic heterocycles. The van der Waals surface area contributed by atoms with Gasteiger partial charge in [-0.05, 0) is 37.6 Å². The number of aryl methyl sites for hydroxylation is 2. The third-order valence-electron chi connectivity index (χ3n) is 4.65. The lowest BCUT2D eigenvalue weighted by Crippen LogP contribution is -2.37. The third-order valence-corrected chi connectivity index (χ3v) is 4.65. The highest BCUT2D eigenvalue weighted by atomic mass is 19.1. The van der Waals surface area contributed by atoms with E-state index in [4.69, 9.17) is 0 Å². The van der Waals surface area contributed by atoms with Crippen LogP contribution in [-0.4, -0.2) is 30.6 Å². The molecule has 0 saturated heterocycles. The fraction of sp³-hybridized carbons (Fsp3) is 0.389. The van der Waals surface area contributed by atoms with Crippen LogP contribution in [0.4, 0.5) is 4.39 Å². The number of benzene rings is 1. The molecule has 0 spiro atoms. The van der Waals surface area contributed by atoms with Crippen LogP contribution in [0.15, 0.2) is 36.7 Å². The van der Waals surface area contributed by atoms with Crippen LogP contribution in [-0.2, 0) is 26.1 Å². The van der Waals surface area contributed by atoms with Crippen LogP contribution < -0.4 is 5.32 Å². The minimum Gasteiger partial charge on any atom is -0.309 e. The molecule has 0 saturated carbocycles. The first kappa shape index (κ1) is 16.0. The first-order chi connectivity index (χ1) is 12.2. The van der Waals surface area contributed by atoms with Gasteiger partial charge in [0.15, 0.2) is 5.82 Å². The molecule has 4 rings (SSSR count). The molecule has 130 valence electrons. The summed E-state index contributed by atoms with van der Waals surface area (Å²) in [5.41, 5.74) is 2.08. The van der Waals surface area contributed by atoms with Gasteiger partial charge in [-0.3, -0.25) is 4.68 Å². The number of halogens is 1. The summed E-state index contributed by atoms with van der Waals surface area (Å²) in [7, 11) is 0. The molecule has 0 amide bonds. The number of hydrogen-bond donors (Lipinski definition) is 1. The zero-order valence-electron chi connectivity index (χ0n) is 14.2. The van der Waals surface area contributed by atoms with Crippen molar-refractivity contribution in [1.29, 1.82) is 0 Å². The van der Waals surface area contributed by atoms with Gasteiger partial charge in [0.05, 0.1) is 6.20 Å². The lowest BCUT2D eigenvalue weighted by atomic mass is 10.1. The van der Waals surface area contributed by atoms with Crippen molar-refractivity contribution in [3.8, 4) is 11.4 Å². The third kappa shape index (κ3) is 3.32. The Hall–Kier alpha value is -2.54. The van der Waals surface area contributed by atoms with Gasteiger partial charge in [-0.2, -0.15) is 5.10 Å². The molecule has 0 fully saturated rings. The Morgan fingerprint density at radius 2 is 2.08 bits per heavy atom. The fourth-order valence-electron chi connectivity index (χ4n) is 3.24. The summed E-state index contributed by atoms with van der Waals surface area (Å²) >= 11 is 0. The van der Waals surface area contributed by atoms with Crippen LogP contribution in [0.5, 0.6) is 0 Å². The van der Waals surface area contributed by atoms with E-state index < -0.39 is 0 Å². The smallest absolute Gasteiger partial charge is 0.164 e. The molecule has 1 atom stereocenters. The number of aromatic nitrogens is 5. The van der Waals surface area contributed by atoms with E-state index in [0.29, 0.717) is 6.04 Å². The molecule has 0 radical (unpaired) electrons.